The molecule has 1 heterocycles. The smallest absolute Gasteiger partial charge is 0.220 e. The molecule has 0 saturated carbocycles. The van der Waals surface area contributed by atoms with Crippen LogP contribution in [-0.4, -0.2) is 26.0 Å². The molecule has 0 radical (unpaired) electrons. The SMILES string of the molecule is CNCCC1CCNC(=O)C1. The number of hydrogen-bond acceptors (Lipinski definition) is 2. The monoisotopic (exact) mass is 156 g/mol. The molecule has 11 heavy (non-hydrogen) atoms. The van der Waals surface area contributed by atoms with Gasteiger partial charge in [0.25, 0.3) is 0 Å². The summed E-state index contributed by atoms with van der Waals surface area (Å²) in [5.41, 5.74) is 0. The molecule has 0 bridgehead atoms. The van der Waals surface area contributed by atoms with Gasteiger partial charge in [-0.1, -0.05) is 0 Å². The van der Waals surface area contributed by atoms with E-state index in [2.05, 4.69) is 10.6 Å². The van der Waals surface area contributed by atoms with Gasteiger partial charge < -0.3 is 10.6 Å². The number of nitrogens with one attached hydrogen (secondary N) is 2. The number of piperidine rings is 1. The Morgan fingerprint density at radius 2 is 2.55 bits per heavy atom. The Bertz CT molecular complexity index is 136. The van der Waals surface area contributed by atoms with Gasteiger partial charge in [0, 0.05) is 13.0 Å². The summed E-state index contributed by atoms with van der Waals surface area (Å²) in [4.78, 5) is 10.9. The van der Waals surface area contributed by atoms with Gasteiger partial charge >= 0.3 is 0 Å². The Morgan fingerprint density at radius 3 is 3.18 bits per heavy atom. The third kappa shape index (κ3) is 2.89. The molecule has 1 aliphatic rings. The van der Waals surface area contributed by atoms with Crippen molar-refractivity contribution in [2.45, 2.75) is 19.3 Å². The van der Waals surface area contributed by atoms with Crippen LogP contribution in [0.2, 0.25) is 0 Å². The van der Waals surface area contributed by atoms with E-state index in [4.69, 9.17) is 0 Å². The van der Waals surface area contributed by atoms with E-state index in [0.29, 0.717) is 5.92 Å². The molecule has 1 rings (SSSR count). The highest BCUT2D eigenvalue weighted by atomic mass is 16.1. The van der Waals surface area contributed by atoms with Gasteiger partial charge in [0.15, 0.2) is 0 Å². The summed E-state index contributed by atoms with van der Waals surface area (Å²) in [5, 5.41) is 5.93. The molecule has 2 N–H and O–H groups in total. The van der Waals surface area contributed by atoms with Crippen molar-refractivity contribution >= 4 is 5.91 Å². The largest absolute Gasteiger partial charge is 0.356 e. The summed E-state index contributed by atoms with van der Waals surface area (Å²) in [5.74, 6) is 0.827. The minimum absolute atomic E-state index is 0.220. The van der Waals surface area contributed by atoms with Crippen LogP contribution < -0.4 is 10.6 Å². The molecule has 0 aromatic heterocycles. The van der Waals surface area contributed by atoms with Gasteiger partial charge in [-0.05, 0) is 32.4 Å². The predicted molar refractivity (Wildman–Crippen MR) is 44.3 cm³/mol. The molecule has 3 nitrogen and oxygen atoms in total. The van der Waals surface area contributed by atoms with Crippen molar-refractivity contribution in [1.29, 1.82) is 0 Å². The summed E-state index contributed by atoms with van der Waals surface area (Å²) in [6, 6.07) is 0. The fourth-order valence-electron chi connectivity index (χ4n) is 1.45. The van der Waals surface area contributed by atoms with Gasteiger partial charge in [0.1, 0.15) is 0 Å². The van der Waals surface area contributed by atoms with Gasteiger partial charge in [-0.15, -0.1) is 0 Å². The Labute approximate surface area is 67.5 Å². The topological polar surface area (TPSA) is 41.1 Å². The zero-order chi connectivity index (χ0) is 8.10. The molecular formula is C8H16N2O. The molecule has 0 aromatic carbocycles. The summed E-state index contributed by atoms with van der Waals surface area (Å²) in [6.45, 7) is 1.89. The van der Waals surface area contributed by atoms with Gasteiger partial charge in [-0.25, -0.2) is 0 Å². The second-order valence-corrected chi connectivity index (χ2v) is 3.10. The highest BCUT2D eigenvalue weighted by Gasteiger charge is 2.17. The van der Waals surface area contributed by atoms with E-state index in [1.807, 2.05) is 7.05 Å². The number of hydrogen-bond donors (Lipinski definition) is 2. The molecule has 1 saturated heterocycles. The van der Waals surface area contributed by atoms with Crippen molar-refractivity contribution in [2.24, 2.45) is 5.92 Å². The number of rotatable bonds is 3. The zero-order valence-corrected chi connectivity index (χ0v) is 7.02. The second-order valence-electron chi connectivity index (χ2n) is 3.10. The fraction of sp³-hybridized carbons (Fsp3) is 0.875. The van der Waals surface area contributed by atoms with Crippen molar-refractivity contribution in [3.05, 3.63) is 0 Å². The van der Waals surface area contributed by atoms with Gasteiger partial charge in [0.2, 0.25) is 5.91 Å². The molecule has 1 fully saturated rings. The maximum atomic E-state index is 10.9. The maximum absolute atomic E-state index is 10.9. The van der Waals surface area contributed by atoms with Crippen LogP contribution >= 0.6 is 0 Å². The van der Waals surface area contributed by atoms with Crippen LogP contribution in [0.1, 0.15) is 19.3 Å². The van der Waals surface area contributed by atoms with E-state index in [0.717, 1.165) is 32.4 Å². The third-order valence-corrected chi connectivity index (χ3v) is 2.15. The average Bonchev–Trinajstić information content (AvgIpc) is 2.01. The molecule has 0 aliphatic carbocycles. The van der Waals surface area contributed by atoms with E-state index >= 15 is 0 Å². The van der Waals surface area contributed by atoms with Crippen LogP contribution in [0.3, 0.4) is 0 Å². The van der Waals surface area contributed by atoms with Crippen LogP contribution in [-0.2, 0) is 4.79 Å². The van der Waals surface area contributed by atoms with Gasteiger partial charge in [-0.3, -0.25) is 4.79 Å². The molecule has 1 amide bonds. The summed E-state index contributed by atoms with van der Waals surface area (Å²) in [6.07, 6.45) is 3.00. The lowest BCUT2D eigenvalue weighted by molar-refractivity contribution is -0.123. The standard InChI is InChI=1S/C8H16N2O/c1-9-4-2-7-3-5-10-8(11)6-7/h7,9H,2-6H2,1H3,(H,10,11). The molecule has 3 heteroatoms. The summed E-state index contributed by atoms with van der Waals surface area (Å²) >= 11 is 0. The van der Waals surface area contributed by atoms with E-state index in [1.54, 1.807) is 0 Å². The summed E-state index contributed by atoms with van der Waals surface area (Å²) < 4.78 is 0. The first-order chi connectivity index (χ1) is 5.33. The Balaban J connectivity index is 2.17. The van der Waals surface area contributed by atoms with Crippen LogP contribution in [0, 0.1) is 5.92 Å². The van der Waals surface area contributed by atoms with E-state index in [-0.39, 0.29) is 5.91 Å². The first-order valence-electron chi connectivity index (χ1n) is 4.24. The van der Waals surface area contributed by atoms with Gasteiger partial charge in [0.05, 0.1) is 0 Å². The molecular weight excluding hydrogens is 140 g/mol. The first-order valence-corrected chi connectivity index (χ1v) is 4.24. The lowest BCUT2D eigenvalue weighted by Gasteiger charge is -2.21. The number of amides is 1. The maximum Gasteiger partial charge on any atom is 0.220 e. The number of carbonyl (C=O) groups excluding carboxylic acids is 1. The highest BCUT2D eigenvalue weighted by Crippen LogP contribution is 2.15. The Hall–Kier alpha value is -0.570. The molecule has 64 valence electrons. The van der Waals surface area contributed by atoms with Crippen molar-refractivity contribution in [1.82, 2.24) is 10.6 Å². The second kappa shape index (κ2) is 4.34. The third-order valence-electron chi connectivity index (χ3n) is 2.15. The average molecular weight is 156 g/mol. The van der Waals surface area contributed by atoms with E-state index in [1.165, 1.54) is 0 Å². The van der Waals surface area contributed by atoms with Crippen LogP contribution in [0.4, 0.5) is 0 Å². The van der Waals surface area contributed by atoms with E-state index in [9.17, 15) is 4.79 Å². The molecule has 0 spiro atoms. The molecule has 1 atom stereocenters. The highest BCUT2D eigenvalue weighted by molar-refractivity contribution is 5.76. The van der Waals surface area contributed by atoms with Gasteiger partial charge in [-0.2, -0.15) is 0 Å². The Morgan fingerprint density at radius 1 is 1.73 bits per heavy atom. The Kier molecular flexibility index (Phi) is 3.36. The summed E-state index contributed by atoms with van der Waals surface area (Å²) in [7, 11) is 1.95. The van der Waals surface area contributed by atoms with Crippen LogP contribution in [0.25, 0.3) is 0 Å². The lowest BCUT2D eigenvalue weighted by atomic mass is 9.94. The number of carbonyl (C=O) groups is 1. The normalized spacial score (nSPS) is 24.8. The fourth-order valence-corrected chi connectivity index (χ4v) is 1.45. The molecule has 1 aliphatic heterocycles. The first kappa shape index (κ1) is 8.53. The van der Waals surface area contributed by atoms with Crippen LogP contribution in [0.15, 0.2) is 0 Å². The van der Waals surface area contributed by atoms with Crippen molar-refractivity contribution < 1.29 is 4.79 Å². The van der Waals surface area contributed by atoms with Crippen molar-refractivity contribution in [3.63, 3.8) is 0 Å². The lowest BCUT2D eigenvalue weighted by Crippen LogP contribution is -2.34. The molecule has 1 unspecified atom stereocenters. The van der Waals surface area contributed by atoms with Crippen molar-refractivity contribution in [2.75, 3.05) is 20.1 Å². The zero-order valence-electron chi connectivity index (χ0n) is 7.02. The minimum Gasteiger partial charge on any atom is -0.356 e. The predicted octanol–water partition coefficient (Wildman–Crippen LogP) is 0.122. The minimum atomic E-state index is 0.220. The van der Waals surface area contributed by atoms with E-state index < -0.39 is 0 Å². The van der Waals surface area contributed by atoms with Crippen molar-refractivity contribution in [3.8, 4) is 0 Å². The van der Waals surface area contributed by atoms with Crippen LogP contribution in [0.5, 0.6) is 0 Å². The molecule has 0 aromatic rings. The quantitative estimate of drug-likeness (QED) is 0.609.